The van der Waals surface area contributed by atoms with Crippen molar-refractivity contribution in [1.82, 2.24) is 4.98 Å². The zero-order valence-electron chi connectivity index (χ0n) is 10.8. The van der Waals surface area contributed by atoms with Crippen LogP contribution in [0.3, 0.4) is 0 Å². The van der Waals surface area contributed by atoms with Crippen LogP contribution in [0.2, 0.25) is 0 Å². The van der Waals surface area contributed by atoms with Crippen molar-refractivity contribution in [3.8, 4) is 0 Å². The number of halogens is 1. The molecule has 0 saturated carbocycles. The first-order valence-electron chi connectivity index (χ1n) is 6.26. The minimum atomic E-state index is -0.519. The van der Waals surface area contributed by atoms with Crippen molar-refractivity contribution in [2.24, 2.45) is 0 Å². The molecular weight excluding hydrogens is 429 g/mol. The second kappa shape index (κ2) is 6.74. The van der Waals surface area contributed by atoms with Gasteiger partial charge in [-0.2, -0.15) is 0 Å². The third-order valence-electron chi connectivity index (χ3n) is 3.09. The van der Waals surface area contributed by atoms with E-state index in [1.807, 2.05) is 36.4 Å². The first-order chi connectivity index (χ1) is 9.35. The third-order valence-corrected chi connectivity index (χ3v) is 3.09. The molecule has 1 aromatic heterocycles. The maximum absolute atomic E-state index is 12.6. The molecule has 1 radical (unpaired) electrons. The van der Waals surface area contributed by atoms with Crippen LogP contribution in [0.5, 0.6) is 0 Å². The number of nitrogens with zero attached hydrogens (tertiary/aromatic N) is 1. The van der Waals surface area contributed by atoms with E-state index in [1.165, 1.54) is 5.39 Å². The normalized spacial score (nSPS) is 10.2. The molecule has 0 amide bonds. The molecule has 0 saturated heterocycles. The van der Waals surface area contributed by atoms with E-state index >= 15 is 0 Å². The van der Waals surface area contributed by atoms with Crippen LogP contribution in [0.25, 0.3) is 10.8 Å². The topological polar surface area (TPSA) is 12.9 Å². The molecule has 20 heavy (non-hydrogen) atoms. The van der Waals surface area contributed by atoms with Crippen molar-refractivity contribution in [3.05, 3.63) is 77.6 Å². The van der Waals surface area contributed by atoms with Gasteiger partial charge in [-0.1, -0.05) is 18.2 Å². The van der Waals surface area contributed by atoms with Crippen molar-refractivity contribution in [3.63, 3.8) is 0 Å². The van der Waals surface area contributed by atoms with E-state index in [0.717, 1.165) is 16.6 Å². The molecule has 0 unspecified atom stereocenters. The first-order valence-corrected chi connectivity index (χ1v) is 6.26. The molecule has 0 bridgehead atoms. The Kier molecular flexibility index (Phi) is 4.99. The number of fused-ring (bicyclic) bond motifs is 1. The minimum Gasteiger partial charge on any atom is -0.255 e. The Labute approximate surface area is 131 Å². The molecule has 1 nitrogen and oxygen atoms in total. The third kappa shape index (κ3) is 3.30. The fourth-order valence-corrected chi connectivity index (χ4v) is 2.16. The zero-order valence-corrected chi connectivity index (χ0v) is 13.2. The van der Waals surface area contributed by atoms with E-state index in [4.69, 9.17) is 0 Å². The number of alkyl halides is 1. The van der Waals surface area contributed by atoms with Crippen LogP contribution < -0.4 is 0 Å². The van der Waals surface area contributed by atoms with E-state index < -0.39 is 6.67 Å². The number of hydrogen-bond donors (Lipinski definition) is 0. The van der Waals surface area contributed by atoms with Crippen LogP contribution in [0.1, 0.15) is 17.0 Å². The van der Waals surface area contributed by atoms with Crippen LogP contribution >= 0.6 is 0 Å². The summed E-state index contributed by atoms with van der Waals surface area (Å²) in [5.74, 6) is 0. The Bertz CT molecular complexity index is 712. The van der Waals surface area contributed by atoms with E-state index in [1.54, 1.807) is 6.07 Å². The summed E-state index contributed by atoms with van der Waals surface area (Å²) in [5.41, 5.74) is 2.43. The monoisotopic (exact) mass is 443 g/mol. The molecule has 2 aromatic carbocycles. The van der Waals surface area contributed by atoms with Gasteiger partial charge in [0.2, 0.25) is 0 Å². The number of aromatic nitrogens is 1. The fourth-order valence-electron chi connectivity index (χ4n) is 2.16. The van der Waals surface area contributed by atoms with Gasteiger partial charge >= 0.3 is 0 Å². The van der Waals surface area contributed by atoms with E-state index in [9.17, 15) is 4.39 Å². The molecule has 0 aliphatic heterocycles. The molecule has 0 fully saturated rings. The van der Waals surface area contributed by atoms with Gasteiger partial charge in [-0.15, -0.1) is 46.7 Å². The van der Waals surface area contributed by atoms with Crippen molar-refractivity contribution in [1.29, 1.82) is 0 Å². The van der Waals surface area contributed by atoms with Gasteiger partial charge in [0.1, 0.15) is 6.67 Å². The molecule has 103 valence electrons. The minimum absolute atomic E-state index is 0. The molecule has 0 aliphatic carbocycles. The van der Waals surface area contributed by atoms with Gasteiger partial charge in [-0.05, 0) is 18.6 Å². The maximum atomic E-state index is 12.6. The van der Waals surface area contributed by atoms with Crippen LogP contribution in [0.15, 0.2) is 54.6 Å². The second-order valence-electron chi connectivity index (χ2n) is 4.50. The van der Waals surface area contributed by atoms with Gasteiger partial charge < -0.3 is 0 Å². The van der Waals surface area contributed by atoms with Crippen molar-refractivity contribution < 1.29 is 24.5 Å². The first kappa shape index (κ1) is 14.8. The van der Waals surface area contributed by atoms with Crippen molar-refractivity contribution >= 4 is 10.8 Å². The molecule has 0 atom stereocenters. The summed E-state index contributed by atoms with van der Waals surface area (Å²) in [7, 11) is 0. The van der Waals surface area contributed by atoms with Gasteiger partial charge in [-0.25, -0.2) is 4.39 Å². The number of benzene rings is 2. The molecule has 1 heterocycles. The number of pyridine rings is 1. The predicted molar refractivity (Wildman–Crippen MR) is 74.6 cm³/mol. The SMILES string of the molecule is FCc1cccc(Cc2[c-]c3ccccc3cc2)n1.[Ir]. The van der Waals surface area contributed by atoms with E-state index in [0.29, 0.717) is 12.1 Å². The fraction of sp³-hybridized carbons (Fsp3) is 0.118. The van der Waals surface area contributed by atoms with Gasteiger partial charge in [0, 0.05) is 25.8 Å². The Hall–Kier alpha value is -1.57. The maximum Gasteiger partial charge on any atom is 0.131 e. The summed E-state index contributed by atoms with van der Waals surface area (Å²) < 4.78 is 12.6. The Morgan fingerprint density at radius 2 is 1.70 bits per heavy atom. The summed E-state index contributed by atoms with van der Waals surface area (Å²) in [6.07, 6.45) is 0.679. The van der Waals surface area contributed by atoms with Gasteiger partial charge in [-0.3, -0.25) is 4.98 Å². The number of hydrogen-bond acceptors (Lipinski definition) is 1. The van der Waals surface area contributed by atoms with Gasteiger partial charge in [0.05, 0.1) is 5.69 Å². The summed E-state index contributed by atoms with van der Waals surface area (Å²) >= 11 is 0. The standard InChI is InChI=1S/C17H13FN.Ir/c18-12-17-7-3-6-16(19-17)11-13-8-9-14-4-1-2-5-15(14)10-13;/h1-9H,11-12H2;/q-1;. The predicted octanol–water partition coefficient (Wildman–Crippen LogP) is 4.09. The summed E-state index contributed by atoms with van der Waals surface area (Å²) in [6.45, 7) is -0.519. The molecule has 0 aliphatic rings. The number of rotatable bonds is 3. The van der Waals surface area contributed by atoms with E-state index in [2.05, 4.69) is 23.2 Å². The molecule has 3 aromatic rings. The van der Waals surface area contributed by atoms with Crippen molar-refractivity contribution in [2.45, 2.75) is 13.1 Å². The van der Waals surface area contributed by atoms with Crippen LogP contribution in [0, 0.1) is 6.07 Å². The smallest absolute Gasteiger partial charge is 0.131 e. The Morgan fingerprint density at radius 3 is 2.55 bits per heavy atom. The summed E-state index contributed by atoms with van der Waals surface area (Å²) in [5, 5.41) is 2.28. The quantitative estimate of drug-likeness (QED) is 0.557. The molecule has 3 heteroatoms. The second-order valence-corrected chi connectivity index (χ2v) is 4.50. The molecule has 0 N–H and O–H groups in total. The average molecular weight is 443 g/mol. The largest absolute Gasteiger partial charge is 0.255 e. The van der Waals surface area contributed by atoms with Crippen LogP contribution in [-0.4, -0.2) is 4.98 Å². The van der Waals surface area contributed by atoms with Crippen LogP contribution in [0.4, 0.5) is 4.39 Å². The van der Waals surface area contributed by atoms with Crippen LogP contribution in [-0.2, 0) is 33.2 Å². The van der Waals surface area contributed by atoms with Gasteiger partial charge in [0.15, 0.2) is 0 Å². The van der Waals surface area contributed by atoms with Gasteiger partial charge in [0.25, 0.3) is 0 Å². The molecule has 0 spiro atoms. The summed E-state index contributed by atoms with van der Waals surface area (Å²) in [4.78, 5) is 4.27. The molecule has 3 rings (SSSR count). The Morgan fingerprint density at radius 1 is 0.900 bits per heavy atom. The van der Waals surface area contributed by atoms with Crippen molar-refractivity contribution in [2.75, 3.05) is 0 Å². The average Bonchev–Trinajstić information content (AvgIpc) is 2.47. The Balaban J connectivity index is 0.00000147. The molecular formula is C17H13FIrN-. The zero-order chi connectivity index (χ0) is 13.1. The van der Waals surface area contributed by atoms with E-state index in [-0.39, 0.29) is 20.1 Å². The summed E-state index contributed by atoms with van der Waals surface area (Å²) in [6, 6.07) is 21.1.